The quantitative estimate of drug-likeness (QED) is 0.903. The number of rotatable bonds is 5. The molecule has 2 aromatic rings. The van der Waals surface area contributed by atoms with Crippen LogP contribution in [0, 0.1) is 0 Å². The fourth-order valence-corrected chi connectivity index (χ4v) is 1.74. The number of aromatic nitrogens is 2. The standard InChI is InChI=1S/C14H15N3O4/c1-19-10-8-12(21-3)11(20-2)7-9(10)13(18)17-14-15-5-4-6-16-14/h4-8H,1-3H3,(H,15,16,17,18). The highest BCUT2D eigenvalue weighted by Crippen LogP contribution is 2.34. The van der Waals surface area contributed by atoms with Crippen molar-refractivity contribution in [1.29, 1.82) is 0 Å². The second-order valence-electron chi connectivity index (χ2n) is 3.93. The minimum atomic E-state index is -0.404. The number of ether oxygens (including phenoxy) is 3. The Labute approximate surface area is 121 Å². The number of nitrogens with zero attached hydrogens (tertiary/aromatic N) is 2. The summed E-state index contributed by atoms with van der Waals surface area (Å²) in [5.74, 6) is 1.07. The van der Waals surface area contributed by atoms with E-state index in [2.05, 4.69) is 15.3 Å². The molecule has 0 fully saturated rings. The summed E-state index contributed by atoms with van der Waals surface area (Å²) < 4.78 is 15.6. The Morgan fingerprint density at radius 3 is 2.10 bits per heavy atom. The molecule has 21 heavy (non-hydrogen) atoms. The molecule has 1 heterocycles. The molecule has 0 bridgehead atoms. The summed E-state index contributed by atoms with van der Waals surface area (Å²) in [6.45, 7) is 0. The molecule has 0 atom stereocenters. The van der Waals surface area contributed by atoms with Crippen molar-refractivity contribution in [3.05, 3.63) is 36.2 Å². The van der Waals surface area contributed by atoms with Crippen LogP contribution in [0.3, 0.4) is 0 Å². The van der Waals surface area contributed by atoms with E-state index in [1.807, 2.05) is 0 Å². The molecule has 0 aliphatic rings. The first-order chi connectivity index (χ1) is 10.2. The smallest absolute Gasteiger partial charge is 0.261 e. The molecule has 110 valence electrons. The third-order valence-corrected chi connectivity index (χ3v) is 2.74. The minimum absolute atomic E-state index is 0.208. The molecule has 2 rings (SSSR count). The average molecular weight is 289 g/mol. The molecule has 1 N–H and O–H groups in total. The van der Waals surface area contributed by atoms with Crippen molar-refractivity contribution in [2.45, 2.75) is 0 Å². The average Bonchev–Trinajstić information content (AvgIpc) is 2.54. The summed E-state index contributed by atoms with van der Waals surface area (Å²) in [5, 5.41) is 2.58. The van der Waals surface area contributed by atoms with Gasteiger partial charge in [0.05, 0.1) is 26.9 Å². The van der Waals surface area contributed by atoms with Gasteiger partial charge in [0, 0.05) is 24.5 Å². The second kappa shape index (κ2) is 6.56. The van der Waals surface area contributed by atoms with Crippen LogP contribution in [0.4, 0.5) is 5.95 Å². The summed E-state index contributed by atoms with van der Waals surface area (Å²) in [4.78, 5) is 20.2. The van der Waals surface area contributed by atoms with Crippen LogP contribution in [0.2, 0.25) is 0 Å². The van der Waals surface area contributed by atoms with Gasteiger partial charge in [0.25, 0.3) is 5.91 Å². The molecule has 0 aliphatic carbocycles. The Morgan fingerprint density at radius 1 is 0.952 bits per heavy atom. The molecule has 0 saturated heterocycles. The van der Waals surface area contributed by atoms with Crippen molar-refractivity contribution in [2.75, 3.05) is 26.6 Å². The number of nitrogens with one attached hydrogen (secondary N) is 1. The topological polar surface area (TPSA) is 82.6 Å². The number of carbonyl (C=O) groups is 1. The lowest BCUT2D eigenvalue weighted by Crippen LogP contribution is -2.15. The Balaban J connectivity index is 2.35. The predicted molar refractivity (Wildman–Crippen MR) is 76.1 cm³/mol. The molecule has 0 aliphatic heterocycles. The molecule has 1 aromatic carbocycles. The highest BCUT2D eigenvalue weighted by molar-refractivity contribution is 6.05. The van der Waals surface area contributed by atoms with Gasteiger partial charge in [-0.2, -0.15) is 0 Å². The number of hydrogen-bond donors (Lipinski definition) is 1. The maximum absolute atomic E-state index is 12.3. The molecule has 0 saturated carbocycles. The van der Waals surface area contributed by atoms with Crippen LogP contribution in [0.5, 0.6) is 17.2 Å². The SMILES string of the molecule is COc1cc(OC)c(C(=O)Nc2ncccn2)cc1OC. The molecule has 0 spiro atoms. The van der Waals surface area contributed by atoms with Gasteiger partial charge in [0.2, 0.25) is 5.95 Å². The Morgan fingerprint density at radius 2 is 1.52 bits per heavy atom. The van der Waals surface area contributed by atoms with Crippen molar-refractivity contribution < 1.29 is 19.0 Å². The van der Waals surface area contributed by atoms with E-state index in [0.29, 0.717) is 22.8 Å². The highest BCUT2D eigenvalue weighted by Gasteiger charge is 2.18. The number of methoxy groups -OCH3 is 3. The maximum Gasteiger partial charge on any atom is 0.261 e. The summed E-state index contributed by atoms with van der Waals surface area (Å²) in [6.07, 6.45) is 3.07. The number of amides is 1. The van der Waals surface area contributed by atoms with E-state index in [1.54, 1.807) is 12.1 Å². The molecule has 1 amide bonds. The first-order valence-electron chi connectivity index (χ1n) is 6.08. The normalized spacial score (nSPS) is 9.86. The lowest BCUT2D eigenvalue weighted by atomic mass is 10.1. The lowest BCUT2D eigenvalue weighted by molar-refractivity contribution is 0.102. The van der Waals surface area contributed by atoms with Gasteiger partial charge in [0.15, 0.2) is 11.5 Å². The van der Waals surface area contributed by atoms with Gasteiger partial charge in [-0.15, -0.1) is 0 Å². The van der Waals surface area contributed by atoms with Crippen LogP contribution in [0.25, 0.3) is 0 Å². The maximum atomic E-state index is 12.3. The minimum Gasteiger partial charge on any atom is -0.496 e. The zero-order valence-corrected chi connectivity index (χ0v) is 11.9. The Kier molecular flexibility index (Phi) is 4.55. The van der Waals surface area contributed by atoms with E-state index in [0.717, 1.165) is 0 Å². The van der Waals surface area contributed by atoms with Crippen LogP contribution in [0.15, 0.2) is 30.6 Å². The number of anilines is 1. The van der Waals surface area contributed by atoms with E-state index < -0.39 is 5.91 Å². The molecule has 0 unspecified atom stereocenters. The van der Waals surface area contributed by atoms with E-state index in [1.165, 1.54) is 39.8 Å². The predicted octanol–water partition coefficient (Wildman–Crippen LogP) is 1.75. The zero-order valence-electron chi connectivity index (χ0n) is 11.9. The number of carbonyl (C=O) groups excluding carboxylic acids is 1. The number of hydrogen-bond acceptors (Lipinski definition) is 6. The van der Waals surface area contributed by atoms with Crippen LogP contribution >= 0.6 is 0 Å². The van der Waals surface area contributed by atoms with E-state index in [9.17, 15) is 4.79 Å². The summed E-state index contributed by atoms with van der Waals surface area (Å²) in [5.41, 5.74) is 0.294. The van der Waals surface area contributed by atoms with Crippen molar-refractivity contribution >= 4 is 11.9 Å². The van der Waals surface area contributed by atoms with Gasteiger partial charge in [-0.1, -0.05) is 0 Å². The monoisotopic (exact) mass is 289 g/mol. The fraction of sp³-hybridized carbons (Fsp3) is 0.214. The van der Waals surface area contributed by atoms with E-state index >= 15 is 0 Å². The first kappa shape index (κ1) is 14.6. The molecular weight excluding hydrogens is 274 g/mol. The molecular formula is C14H15N3O4. The van der Waals surface area contributed by atoms with Crippen molar-refractivity contribution in [3.8, 4) is 17.2 Å². The van der Waals surface area contributed by atoms with Crippen LogP contribution in [-0.4, -0.2) is 37.2 Å². The third-order valence-electron chi connectivity index (χ3n) is 2.74. The largest absolute Gasteiger partial charge is 0.496 e. The Hall–Kier alpha value is -2.83. The first-order valence-corrected chi connectivity index (χ1v) is 6.08. The lowest BCUT2D eigenvalue weighted by Gasteiger charge is -2.13. The van der Waals surface area contributed by atoms with Gasteiger partial charge < -0.3 is 14.2 Å². The van der Waals surface area contributed by atoms with E-state index in [-0.39, 0.29) is 5.95 Å². The molecule has 0 radical (unpaired) electrons. The second-order valence-corrected chi connectivity index (χ2v) is 3.93. The number of benzene rings is 1. The van der Waals surface area contributed by atoms with Crippen molar-refractivity contribution in [3.63, 3.8) is 0 Å². The van der Waals surface area contributed by atoms with Crippen LogP contribution < -0.4 is 19.5 Å². The van der Waals surface area contributed by atoms with Gasteiger partial charge in [0.1, 0.15) is 5.75 Å². The van der Waals surface area contributed by atoms with Crippen LogP contribution in [-0.2, 0) is 0 Å². The van der Waals surface area contributed by atoms with Crippen LogP contribution in [0.1, 0.15) is 10.4 Å². The van der Waals surface area contributed by atoms with Gasteiger partial charge >= 0.3 is 0 Å². The highest BCUT2D eigenvalue weighted by atomic mass is 16.5. The summed E-state index contributed by atoms with van der Waals surface area (Å²) >= 11 is 0. The molecule has 7 nitrogen and oxygen atoms in total. The zero-order chi connectivity index (χ0) is 15.2. The van der Waals surface area contributed by atoms with E-state index in [4.69, 9.17) is 14.2 Å². The van der Waals surface area contributed by atoms with Gasteiger partial charge in [-0.05, 0) is 6.07 Å². The van der Waals surface area contributed by atoms with Crippen molar-refractivity contribution in [2.24, 2.45) is 0 Å². The van der Waals surface area contributed by atoms with Gasteiger partial charge in [-0.25, -0.2) is 9.97 Å². The summed E-state index contributed by atoms with van der Waals surface area (Å²) in [7, 11) is 4.47. The van der Waals surface area contributed by atoms with Crippen molar-refractivity contribution in [1.82, 2.24) is 9.97 Å². The summed E-state index contributed by atoms with van der Waals surface area (Å²) in [6, 6.07) is 4.78. The third kappa shape index (κ3) is 3.19. The molecule has 7 heteroatoms. The van der Waals surface area contributed by atoms with Gasteiger partial charge in [-0.3, -0.25) is 10.1 Å². The molecule has 1 aromatic heterocycles. The Bertz CT molecular complexity index is 632. The fourth-order valence-electron chi connectivity index (χ4n) is 1.74.